The molecule has 1 amide bonds. The van der Waals surface area contributed by atoms with Gasteiger partial charge in [0.25, 0.3) is 5.69 Å². The molecule has 0 saturated heterocycles. The Labute approximate surface area is 144 Å². The number of carbonyl (C=O) groups is 1. The van der Waals surface area contributed by atoms with Crippen molar-refractivity contribution in [2.45, 2.75) is 18.4 Å². The molecule has 0 radical (unpaired) electrons. The van der Waals surface area contributed by atoms with E-state index in [-0.39, 0.29) is 17.6 Å². The zero-order chi connectivity index (χ0) is 17.6. The fourth-order valence-corrected chi connectivity index (χ4v) is 3.88. The van der Waals surface area contributed by atoms with Crippen LogP contribution in [0.5, 0.6) is 0 Å². The number of nitro groups is 1. The minimum atomic E-state index is -0.432. The maximum atomic E-state index is 11.5. The smallest absolute Gasteiger partial charge is 0.269 e. The van der Waals surface area contributed by atoms with Crippen molar-refractivity contribution >= 4 is 17.3 Å². The fourth-order valence-electron chi connectivity index (χ4n) is 3.88. The predicted molar refractivity (Wildman–Crippen MR) is 94.4 cm³/mol. The molecule has 1 aliphatic heterocycles. The number of anilines is 1. The largest absolute Gasteiger partial charge is 0.378 e. The first-order valence-corrected chi connectivity index (χ1v) is 8.16. The number of nitro benzene ring substituents is 1. The Balaban J connectivity index is 1.72. The van der Waals surface area contributed by atoms with Gasteiger partial charge in [-0.3, -0.25) is 14.9 Å². The second-order valence-corrected chi connectivity index (χ2v) is 6.49. The zero-order valence-electron chi connectivity index (χ0n) is 13.4. The number of carbonyl (C=O) groups excluding carboxylic acids is 1. The fraction of sp³-hybridized carbons (Fsp3) is 0.211. The molecule has 2 aromatic carbocycles. The van der Waals surface area contributed by atoms with E-state index in [2.05, 4.69) is 17.5 Å². The number of nitrogens with zero attached hydrogens (tertiary/aromatic N) is 1. The third-order valence-corrected chi connectivity index (χ3v) is 5.11. The number of primary amides is 1. The molecule has 126 valence electrons. The van der Waals surface area contributed by atoms with Gasteiger partial charge in [-0.15, -0.1) is 0 Å². The molecule has 2 aliphatic rings. The normalized spacial score (nSPS) is 23.4. The summed E-state index contributed by atoms with van der Waals surface area (Å²) >= 11 is 0. The molecule has 0 saturated carbocycles. The van der Waals surface area contributed by atoms with Gasteiger partial charge in [0.15, 0.2) is 0 Å². The van der Waals surface area contributed by atoms with Crippen LogP contribution in [0.2, 0.25) is 0 Å². The molecule has 6 nitrogen and oxygen atoms in total. The molecule has 4 rings (SSSR count). The van der Waals surface area contributed by atoms with Crippen LogP contribution >= 0.6 is 0 Å². The number of non-ortho nitro benzene ring substituents is 1. The Kier molecular flexibility index (Phi) is 3.53. The van der Waals surface area contributed by atoms with Crippen molar-refractivity contribution in [2.75, 3.05) is 5.32 Å². The summed E-state index contributed by atoms with van der Waals surface area (Å²) in [5.41, 5.74) is 9.08. The lowest BCUT2D eigenvalue weighted by molar-refractivity contribution is -0.384. The lowest BCUT2D eigenvalue weighted by Crippen LogP contribution is -2.29. The Morgan fingerprint density at radius 2 is 1.96 bits per heavy atom. The minimum Gasteiger partial charge on any atom is -0.378 e. The van der Waals surface area contributed by atoms with Crippen LogP contribution < -0.4 is 11.1 Å². The van der Waals surface area contributed by atoms with Gasteiger partial charge in [-0.25, -0.2) is 0 Å². The van der Waals surface area contributed by atoms with Crippen molar-refractivity contribution in [1.29, 1.82) is 0 Å². The van der Waals surface area contributed by atoms with Gasteiger partial charge >= 0.3 is 0 Å². The Morgan fingerprint density at radius 3 is 2.64 bits per heavy atom. The van der Waals surface area contributed by atoms with Crippen molar-refractivity contribution in [3.63, 3.8) is 0 Å². The van der Waals surface area contributed by atoms with Crippen LogP contribution in [-0.4, -0.2) is 10.8 Å². The number of benzene rings is 2. The van der Waals surface area contributed by atoms with Gasteiger partial charge < -0.3 is 11.1 Å². The Bertz CT molecular complexity index is 889. The molecule has 0 fully saturated rings. The van der Waals surface area contributed by atoms with E-state index in [0.717, 1.165) is 23.2 Å². The van der Waals surface area contributed by atoms with Crippen molar-refractivity contribution in [3.8, 4) is 0 Å². The molecule has 3 atom stereocenters. The highest BCUT2D eigenvalue weighted by Crippen LogP contribution is 2.50. The third kappa shape index (κ3) is 2.55. The summed E-state index contributed by atoms with van der Waals surface area (Å²) in [5, 5.41) is 14.4. The summed E-state index contributed by atoms with van der Waals surface area (Å²) in [4.78, 5) is 22.0. The average Bonchev–Trinajstić information content (AvgIpc) is 3.10. The first-order chi connectivity index (χ1) is 12.0. The first-order valence-electron chi connectivity index (χ1n) is 8.16. The first kappa shape index (κ1) is 15.4. The van der Waals surface area contributed by atoms with Crippen LogP contribution in [0.1, 0.15) is 39.9 Å². The molecular weight excluding hydrogens is 318 g/mol. The van der Waals surface area contributed by atoms with Crippen LogP contribution in [0.15, 0.2) is 54.6 Å². The molecule has 1 heterocycles. The summed E-state index contributed by atoms with van der Waals surface area (Å²) < 4.78 is 0. The maximum Gasteiger partial charge on any atom is 0.269 e. The van der Waals surface area contributed by atoms with Gasteiger partial charge in [0.05, 0.1) is 11.0 Å². The van der Waals surface area contributed by atoms with Crippen molar-refractivity contribution < 1.29 is 9.72 Å². The van der Waals surface area contributed by atoms with Crippen LogP contribution in [0.4, 0.5) is 11.4 Å². The van der Waals surface area contributed by atoms with Crippen LogP contribution in [-0.2, 0) is 0 Å². The lowest BCUT2D eigenvalue weighted by atomic mass is 9.76. The number of allylic oxidation sites excluding steroid dienone is 2. The number of hydrogen-bond acceptors (Lipinski definition) is 4. The summed E-state index contributed by atoms with van der Waals surface area (Å²) in [6.45, 7) is 0. The van der Waals surface area contributed by atoms with Gasteiger partial charge in [-0.2, -0.15) is 0 Å². The van der Waals surface area contributed by atoms with Gasteiger partial charge in [-0.05, 0) is 41.7 Å². The highest BCUT2D eigenvalue weighted by molar-refractivity contribution is 5.93. The zero-order valence-corrected chi connectivity index (χ0v) is 13.4. The quantitative estimate of drug-likeness (QED) is 0.509. The van der Waals surface area contributed by atoms with Crippen molar-refractivity contribution in [3.05, 3.63) is 81.4 Å². The average molecular weight is 335 g/mol. The summed E-state index contributed by atoms with van der Waals surface area (Å²) in [6, 6.07) is 12.2. The molecule has 3 unspecified atom stereocenters. The molecule has 25 heavy (non-hydrogen) atoms. The molecule has 0 aromatic heterocycles. The van der Waals surface area contributed by atoms with Gasteiger partial charge in [0.2, 0.25) is 5.91 Å². The molecule has 3 N–H and O–H groups in total. The van der Waals surface area contributed by atoms with E-state index in [4.69, 9.17) is 5.73 Å². The SMILES string of the molecule is NC(=O)c1ccc2c(c1)C1C=CCC1C(c1ccc([N+](=O)[O-])cc1)N2. The van der Waals surface area contributed by atoms with E-state index in [1.807, 2.05) is 24.3 Å². The molecular formula is C19H17N3O3. The number of nitrogens with two attached hydrogens (primary N) is 1. The number of amides is 1. The van der Waals surface area contributed by atoms with Gasteiger partial charge in [0, 0.05) is 29.3 Å². The number of nitrogens with one attached hydrogen (secondary N) is 1. The number of rotatable bonds is 3. The second kappa shape index (κ2) is 5.73. The molecule has 2 aromatic rings. The molecule has 6 heteroatoms. The number of hydrogen-bond donors (Lipinski definition) is 2. The highest BCUT2D eigenvalue weighted by atomic mass is 16.6. The van der Waals surface area contributed by atoms with Crippen LogP contribution in [0, 0.1) is 16.0 Å². The Hall–Kier alpha value is -3.15. The van der Waals surface area contributed by atoms with E-state index in [9.17, 15) is 14.9 Å². The lowest BCUT2D eigenvalue weighted by Gasteiger charge is -2.37. The van der Waals surface area contributed by atoms with E-state index >= 15 is 0 Å². The topological polar surface area (TPSA) is 98.3 Å². The third-order valence-electron chi connectivity index (χ3n) is 5.11. The van der Waals surface area contributed by atoms with E-state index < -0.39 is 10.8 Å². The summed E-state index contributed by atoms with van der Waals surface area (Å²) in [7, 11) is 0. The molecule has 1 aliphatic carbocycles. The molecule has 0 spiro atoms. The molecule has 0 bridgehead atoms. The minimum absolute atomic E-state index is 0.0627. The van der Waals surface area contributed by atoms with Gasteiger partial charge in [-0.1, -0.05) is 24.3 Å². The van der Waals surface area contributed by atoms with Crippen LogP contribution in [0.3, 0.4) is 0 Å². The Morgan fingerprint density at radius 1 is 1.20 bits per heavy atom. The monoisotopic (exact) mass is 335 g/mol. The van der Waals surface area contributed by atoms with Gasteiger partial charge in [0.1, 0.15) is 0 Å². The predicted octanol–water partition coefficient (Wildman–Crippen LogP) is 3.52. The standard InChI is InChI=1S/C19H17N3O3/c20-19(23)12-6-9-17-16(10-12)14-2-1-3-15(14)18(21-17)11-4-7-13(8-5-11)22(24)25/h1-2,4-10,14-15,18,21H,3H2,(H2,20,23). The highest BCUT2D eigenvalue weighted by Gasteiger charge is 2.38. The van der Waals surface area contributed by atoms with Crippen molar-refractivity contribution in [2.24, 2.45) is 11.7 Å². The van der Waals surface area contributed by atoms with Crippen molar-refractivity contribution in [1.82, 2.24) is 0 Å². The van der Waals surface area contributed by atoms with Crippen LogP contribution in [0.25, 0.3) is 0 Å². The van der Waals surface area contributed by atoms with E-state index in [1.54, 1.807) is 18.2 Å². The summed E-state index contributed by atoms with van der Waals surface area (Å²) in [6.07, 6.45) is 5.24. The number of fused-ring (bicyclic) bond motifs is 3. The second-order valence-electron chi connectivity index (χ2n) is 6.49. The maximum absolute atomic E-state index is 11.5. The van der Waals surface area contributed by atoms with E-state index in [0.29, 0.717) is 11.5 Å². The van der Waals surface area contributed by atoms with E-state index in [1.165, 1.54) is 0 Å². The summed E-state index contributed by atoms with van der Waals surface area (Å²) in [5.74, 6) is 0.0756.